The van der Waals surface area contributed by atoms with E-state index in [2.05, 4.69) is 50.2 Å². The van der Waals surface area contributed by atoms with Gasteiger partial charge < -0.3 is 14.8 Å². The fourth-order valence-corrected chi connectivity index (χ4v) is 2.98. The maximum atomic E-state index is 5.38. The maximum absolute atomic E-state index is 5.38. The molecule has 0 aliphatic rings. The van der Waals surface area contributed by atoms with Crippen molar-refractivity contribution in [3.05, 3.63) is 50.9 Å². The van der Waals surface area contributed by atoms with Crippen LogP contribution in [0.15, 0.2) is 45.3 Å². The van der Waals surface area contributed by atoms with Gasteiger partial charge in [-0.15, -0.1) is 0 Å². The Kier molecular flexibility index (Phi) is 5.53. The van der Waals surface area contributed by atoms with Crippen LogP contribution in [0.4, 0.5) is 5.69 Å². The molecule has 0 heterocycles. The first-order chi connectivity index (χ1) is 10.0. The Labute approximate surface area is 141 Å². The summed E-state index contributed by atoms with van der Waals surface area (Å²) in [6, 6.07) is 12.1. The highest BCUT2D eigenvalue weighted by Gasteiger charge is 2.11. The Morgan fingerprint density at radius 3 is 2.24 bits per heavy atom. The number of methoxy groups -OCH3 is 2. The van der Waals surface area contributed by atoms with Gasteiger partial charge in [-0.25, -0.2) is 0 Å². The Hall–Kier alpha value is -1.20. The third kappa shape index (κ3) is 3.92. The predicted octanol–water partition coefficient (Wildman–Crippen LogP) is 5.40. The fraction of sp³-hybridized carbons (Fsp3) is 0.250. The topological polar surface area (TPSA) is 30.5 Å². The van der Waals surface area contributed by atoms with Gasteiger partial charge in [-0.2, -0.15) is 0 Å². The molecule has 0 saturated heterocycles. The van der Waals surface area contributed by atoms with Crippen molar-refractivity contribution in [1.29, 1.82) is 0 Å². The number of hydrogen-bond acceptors (Lipinski definition) is 3. The smallest absolute Gasteiger partial charge is 0.142 e. The number of halogens is 2. The van der Waals surface area contributed by atoms with Gasteiger partial charge in [-0.1, -0.05) is 22.0 Å². The molecule has 3 nitrogen and oxygen atoms in total. The van der Waals surface area contributed by atoms with Crippen LogP contribution in [-0.4, -0.2) is 14.2 Å². The van der Waals surface area contributed by atoms with Gasteiger partial charge in [0, 0.05) is 10.5 Å². The van der Waals surface area contributed by atoms with Gasteiger partial charge in [-0.3, -0.25) is 0 Å². The molecule has 0 bridgehead atoms. The zero-order valence-electron chi connectivity index (χ0n) is 12.1. The standard InChI is InChI=1S/C16H17Br2NO2/c1-10(11-4-6-15(20-2)13(18)8-11)19-14-9-12(17)5-7-16(14)21-3/h4-10,19H,1-3H3. The van der Waals surface area contributed by atoms with E-state index in [0.717, 1.165) is 31.7 Å². The monoisotopic (exact) mass is 413 g/mol. The minimum absolute atomic E-state index is 0.135. The zero-order chi connectivity index (χ0) is 15.4. The summed E-state index contributed by atoms with van der Waals surface area (Å²) in [7, 11) is 3.33. The van der Waals surface area contributed by atoms with Crippen molar-refractivity contribution >= 4 is 37.5 Å². The number of hydrogen-bond donors (Lipinski definition) is 1. The van der Waals surface area contributed by atoms with Crippen LogP contribution in [0, 0.1) is 0 Å². The predicted molar refractivity (Wildman–Crippen MR) is 93.4 cm³/mol. The third-order valence-electron chi connectivity index (χ3n) is 3.21. The van der Waals surface area contributed by atoms with E-state index >= 15 is 0 Å². The Morgan fingerprint density at radius 2 is 1.62 bits per heavy atom. The lowest BCUT2D eigenvalue weighted by Gasteiger charge is -2.19. The van der Waals surface area contributed by atoms with Gasteiger partial charge in [-0.05, 0) is 58.7 Å². The molecule has 2 aromatic carbocycles. The molecule has 0 aromatic heterocycles. The molecule has 0 aliphatic heterocycles. The molecule has 2 rings (SSSR count). The molecular formula is C16H17Br2NO2. The van der Waals surface area contributed by atoms with Crippen LogP contribution in [0.25, 0.3) is 0 Å². The minimum Gasteiger partial charge on any atom is -0.496 e. The summed E-state index contributed by atoms with van der Waals surface area (Å²) in [4.78, 5) is 0. The molecule has 0 saturated carbocycles. The van der Waals surface area contributed by atoms with E-state index in [4.69, 9.17) is 9.47 Å². The van der Waals surface area contributed by atoms with Crippen molar-refractivity contribution in [3.63, 3.8) is 0 Å². The van der Waals surface area contributed by atoms with Crippen LogP contribution >= 0.6 is 31.9 Å². The number of anilines is 1. The lowest BCUT2D eigenvalue weighted by molar-refractivity contribution is 0.412. The van der Waals surface area contributed by atoms with Gasteiger partial charge >= 0.3 is 0 Å². The first-order valence-corrected chi connectivity index (χ1v) is 8.07. The molecule has 1 unspecified atom stereocenters. The second-order valence-corrected chi connectivity index (χ2v) is 6.37. The molecule has 0 radical (unpaired) electrons. The van der Waals surface area contributed by atoms with E-state index in [9.17, 15) is 0 Å². The summed E-state index contributed by atoms with van der Waals surface area (Å²) < 4.78 is 12.6. The van der Waals surface area contributed by atoms with Crippen LogP contribution in [0.3, 0.4) is 0 Å². The number of nitrogens with one attached hydrogen (secondary N) is 1. The Morgan fingerprint density at radius 1 is 0.952 bits per heavy atom. The van der Waals surface area contributed by atoms with Crippen LogP contribution in [0.2, 0.25) is 0 Å². The number of rotatable bonds is 5. The normalized spacial score (nSPS) is 11.9. The summed E-state index contributed by atoms with van der Waals surface area (Å²) in [5, 5.41) is 3.47. The average molecular weight is 415 g/mol. The van der Waals surface area contributed by atoms with Gasteiger partial charge in [0.05, 0.1) is 24.4 Å². The van der Waals surface area contributed by atoms with E-state index in [1.165, 1.54) is 0 Å². The molecule has 0 fully saturated rings. The summed E-state index contributed by atoms with van der Waals surface area (Å²) >= 11 is 7.00. The fourth-order valence-electron chi connectivity index (χ4n) is 2.06. The highest BCUT2D eigenvalue weighted by atomic mass is 79.9. The summed E-state index contributed by atoms with van der Waals surface area (Å²) in [6.07, 6.45) is 0. The van der Waals surface area contributed by atoms with Crippen LogP contribution in [0.1, 0.15) is 18.5 Å². The maximum Gasteiger partial charge on any atom is 0.142 e. The molecule has 0 aliphatic carbocycles. The third-order valence-corrected chi connectivity index (χ3v) is 4.32. The van der Waals surface area contributed by atoms with E-state index in [1.807, 2.05) is 30.3 Å². The Bertz CT molecular complexity index is 632. The van der Waals surface area contributed by atoms with Crippen molar-refractivity contribution in [2.24, 2.45) is 0 Å². The van der Waals surface area contributed by atoms with Crippen molar-refractivity contribution in [3.8, 4) is 11.5 Å². The van der Waals surface area contributed by atoms with Gasteiger partial charge in [0.15, 0.2) is 0 Å². The molecule has 5 heteroatoms. The zero-order valence-corrected chi connectivity index (χ0v) is 15.3. The quantitative estimate of drug-likeness (QED) is 0.710. The van der Waals surface area contributed by atoms with Crippen molar-refractivity contribution in [2.45, 2.75) is 13.0 Å². The van der Waals surface area contributed by atoms with E-state index in [0.29, 0.717) is 0 Å². The molecule has 1 atom stereocenters. The highest BCUT2D eigenvalue weighted by molar-refractivity contribution is 9.10. The highest BCUT2D eigenvalue weighted by Crippen LogP contribution is 2.33. The Balaban J connectivity index is 2.23. The molecule has 1 N–H and O–H groups in total. The molecule has 0 spiro atoms. The summed E-state index contributed by atoms with van der Waals surface area (Å²) in [5.74, 6) is 1.64. The summed E-state index contributed by atoms with van der Waals surface area (Å²) in [5.41, 5.74) is 2.11. The van der Waals surface area contributed by atoms with E-state index < -0.39 is 0 Å². The van der Waals surface area contributed by atoms with Crippen LogP contribution in [0.5, 0.6) is 11.5 Å². The largest absolute Gasteiger partial charge is 0.496 e. The van der Waals surface area contributed by atoms with Gasteiger partial charge in [0.25, 0.3) is 0 Å². The second-order valence-electron chi connectivity index (χ2n) is 4.60. The van der Waals surface area contributed by atoms with Crippen molar-refractivity contribution in [2.75, 3.05) is 19.5 Å². The van der Waals surface area contributed by atoms with E-state index in [1.54, 1.807) is 14.2 Å². The van der Waals surface area contributed by atoms with E-state index in [-0.39, 0.29) is 6.04 Å². The first kappa shape index (κ1) is 16.2. The summed E-state index contributed by atoms with van der Waals surface area (Å²) in [6.45, 7) is 2.11. The van der Waals surface area contributed by atoms with Gasteiger partial charge in [0.2, 0.25) is 0 Å². The van der Waals surface area contributed by atoms with Crippen LogP contribution in [-0.2, 0) is 0 Å². The molecule has 2 aromatic rings. The lowest BCUT2D eigenvalue weighted by atomic mass is 10.1. The molecular weight excluding hydrogens is 398 g/mol. The van der Waals surface area contributed by atoms with Gasteiger partial charge in [0.1, 0.15) is 11.5 Å². The second kappa shape index (κ2) is 7.18. The minimum atomic E-state index is 0.135. The first-order valence-electron chi connectivity index (χ1n) is 6.48. The average Bonchev–Trinajstić information content (AvgIpc) is 2.47. The molecule has 112 valence electrons. The number of benzene rings is 2. The van der Waals surface area contributed by atoms with Crippen molar-refractivity contribution in [1.82, 2.24) is 0 Å². The van der Waals surface area contributed by atoms with Crippen molar-refractivity contribution < 1.29 is 9.47 Å². The lowest BCUT2D eigenvalue weighted by Crippen LogP contribution is -2.08. The van der Waals surface area contributed by atoms with Crippen LogP contribution < -0.4 is 14.8 Å². The number of ether oxygens (including phenoxy) is 2. The molecule has 21 heavy (non-hydrogen) atoms. The SMILES string of the molecule is COc1ccc(C(C)Nc2cc(Br)ccc2OC)cc1Br. The molecule has 0 amide bonds.